The summed E-state index contributed by atoms with van der Waals surface area (Å²) in [6.45, 7) is 0. The Balaban J connectivity index is 0.974. The molecule has 0 saturated heterocycles. The monoisotopic (exact) mass is 749 g/mol. The summed E-state index contributed by atoms with van der Waals surface area (Å²) in [5, 5.41) is 10.1. The number of hydrogen-bond donors (Lipinski definition) is 0. The molecular weight excluding hydrogens is 711 g/mol. The van der Waals surface area contributed by atoms with Gasteiger partial charge in [-0.3, -0.25) is 0 Å². The van der Waals surface area contributed by atoms with Gasteiger partial charge in [-0.05, 0) is 130 Å². The third kappa shape index (κ3) is 6.21. The lowest BCUT2D eigenvalue weighted by Gasteiger charge is -2.26. The standard InChI is InChI=1S/C58H39N/c1-2-17-47(18-3-1)59(48-34-29-41(30-35-48)40-25-27-44(28-26-40)51-24-12-16-42-13-4-7-19-50(42)51)49-36-31-45(32-37-49)58-53-21-9-5-14-43(53)33-38-56(58)57-39-46-15-6-8-20-52(46)54-22-10-11-23-55(54)57/h1-39H. The molecule has 0 amide bonds. The van der Waals surface area contributed by atoms with Crippen molar-refractivity contribution >= 4 is 60.2 Å². The van der Waals surface area contributed by atoms with E-state index in [0.29, 0.717) is 0 Å². The van der Waals surface area contributed by atoms with Crippen LogP contribution in [0.4, 0.5) is 17.1 Å². The van der Waals surface area contributed by atoms with E-state index in [0.717, 1.165) is 17.1 Å². The average molecular weight is 750 g/mol. The summed E-state index contributed by atoms with van der Waals surface area (Å²) < 4.78 is 0. The largest absolute Gasteiger partial charge is 0.311 e. The topological polar surface area (TPSA) is 3.24 Å². The van der Waals surface area contributed by atoms with Crippen molar-refractivity contribution in [1.82, 2.24) is 0 Å². The summed E-state index contributed by atoms with van der Waals surface area (Å²) in [6.07, 6.45) is 0. The van der Waals surface area contributed by atoms with Crippen LogP contribution in [0.15, 0.2) is 237 Å². The molecule has 59 heavy (non-hydrogen) atoms. The second kappa shape index (κ2) is 14.6. The highest BCUT2D eigenvalue weighted by atomic mass is 15.1. The summed E-state index contributed by atoms with van der Waals surface area (Å²) in [7, 11) is 0. The van der Waals surface area contributed by atoms with Gasteiger partial charge >= 0.3 is 0 Å². The molecule has 0 aliphatic carbocycles. The van der Waals surface area contributed by atoms with Gasteiger partial charge in [0.05, 0.1) is 0 Å². The molecule has 0 radical (unpaired) electrons. The quantitative estimate of drug-likeness (QED) is 0.147. The number of nitrogens with zero attached hydrogens (tertiary/aromatic N) is 1. The molecule has 11 aromatic rings. The maximum absolute atomic E-state index is 2.37. The predicted octanol–water partition coefficient (Wildman–Crippen LogP) is 16.4. The molecule has 0 heterocycles. The maximum Gasteiger partial charge on any atom is 0.0462 e. The molecular formula is C58H39N. The van der Waals surface area contributed by atoms with Crippen molar-refractivity contribution in [2.24, 2.45) is 0 Å². The summed E-state index contributed by atoms with van der Waals surface area (Å²) in [4.78, 5) is 2.35. The minimum Gasteiger partial charge on any atom is -0.311 e. The summed E-state index contributed by atoms with van der Waals surface area (Å²) in [5.74, 6) is 0. The Bertz CT molecular complexity index is 3280. The fourth-order valence-corrected chi connectivity index (χ4v) is 9.01. The molecule has 0 unspecified atom stereocenters. The van der Waals surface area contributed by atoms with Crippen LogP contribution in [-0.4, -0.2) is 0 Å². The van der Waals surface area contributed by atoms with Crippen LogP contribution < -0.4 is 4.90 Å². The minimum atomic E-state index is 1.10. The van der Waals surface area contributed by atoms with Crippen molar-refractivity contribution in [2.75, 3.05) is 4.90 Å². The molecule has 0 bridgehead atoms. The molecule has 0 spiro atoms. The van der Waals surface area contributed by atoms with Gasteiger partial charge < -0.3 is 4.90 Å². The van der Waals surface area contributed by atoms with Crippen molar-refractivity contribution in [3.8, 4) is 44.5 Å². The molecule has 276 valence electrons. The minimum absolute atomic E-state index is 1.10. The van der Waals surface area contributed by atoms with Crippen LogP contribution in [0.5, 0.6) is 0 Å². The molecule has 0 N–H and O–H groups in total. The van der Waals surface area contributed by atoms with E-state index < -0.39 is 0 Å². The number of rotatable bonds is 7. The van der Waals surface area contributed by atoms with Crippen molar-refractivity contribution in [3.05, 3.63) is 237 Å². The molecule has 0 saturated carbocycles. The molecule has 11 rings (SSSR count). The smallest absolute Gasteiger partial charge is 0.0462 e. The SMILES string of the molecule is c1ccc(N(c2ccc(-c3ccc(-c4cccc5ccccc45)cc3)cc2)c2ccc(-c3c(-c4cc5ccccc5c5ccccc45)ccc4ccccc34)cc2)cc1. The van der Waals surface area contributed by atoms with Gasteiger partial charge in [0.1, 0.15) is 0 Å². The highest BCUT2D eigenvalue weighted by Crippen LogP contribution is 2.44. The van der Waals surface area contributed by atoms with E-state index in [1.165, 1.54) is 87.6 Å². The van der Waals surface area contributed by atoms with Crippen molar-refractivity contribution in [1.29, 1.82) is 0 Å². The molecule has 0 fully saturated rings. The van der Waals surface area contributed by atoms with Gasteiger partial charge in [0.25, 0.3) is 0 Å². The van der Waals surface area contributed by atoms with Gasteiger partial charge in [-0.1, -0.05) is 194 Å². The van der Waals surface area contributed by atoms with E-state index in [2.05, 4.69) is 241 Å². The van der Waals surface area contributed by atoms with Crippen LogP contribution in [-0.2, 0) is 0 Å². The summed E-state index contributed by atoms with van der Waals surface area (Å²) >= 11 is 0. The molecule has 0 atom stereocenters. The fraction of sp³-hybridized carbons (Fsp3) is 0. The Labute approximate surface area is 344 Å². The molecule has 11 aromatic carbocycles. The van der Waals surface area contributed by atoms with Crippen LogP contribution in [0.2, 0.25) is 0 Å². The van der Waals surface area contributed by atoms with Crippen LogP contribution in [0, 0.1) is 0 Å². The Hall–Kier alpha value is -7.74. The van der Waals surface area contributed by atoms with E-state index in [1.54, 1.807) is 0 Å². The lowest BCUT2D eigenvalue weighted by Crippen LogP contribution is -2.09. The van der Waals surface area contributed by atoms with Crippen molar-refractivity contribution < 1.29 is 0 Å². The van der Waals surface area contributed by atoms with Gasteiger partial charge in [0.15, 0.2) is 0 Å². The first-order valence-corrected chi connectivity index (χ1v) is 20.3. The third-order valence-corrected chi connectivity index (χ3v) is 11.9. The van der Waals surface area contributed by atoms with Crippen LogP contribution >= 0.6 is 0 Å². The first kappa shape index (κ1) is 34.5. The van der Waals surface area contributed by atoms with Gasteiger partial charge in [-0.2, -0.15) is 0 Å². The van der Waals surface area contributed by atoms with Crippen molar-refractivity contribution in [2.45, 2.75) is 0 Å². The second-order valence-corrected chi connectivity index (χ2v) is 15.3. The van der Waals surface area contributed by atoms with Crippen LogP contribution in [0.25, 0.3) is 87.6 Å². The average Bonchev–Trinajstić information content (AvgIpc) is 3.32. The van der Waals surface area contributed by atoms with Gasteiger partial charge in [-0.15, -0.1) is 0 Å². The van der Waals surface area contributed by atoms with Gasteiger partial charge in [0, 0.05) is 17.1 Å². The predicted molar refractivity (Wildman–Crippen MR) is 253 cm³/mol. The molecule has 1 nitrogen and oxygen atoms in total. The first-order chi connectivity index (χ1) is 29.3. The normalized spacial score (nSPS) is 11.4. The third-order valence-electron chi connectivity index (χ3n) is 11.9. The van der Waals surface area contributed by atoms with Crippen LogP contribution in [0.3, 0.4) is 0 Å². The molecule has 0 aromatic heterocycles. The zero-order valence-corrected chi connectivity index (χ0v) is 32.5. The van der Waals surface area contributed by atoms with Crippen LogP contribution in [0.1, 0.15) is 0 Å². The first-order valence-electron chi connectivity index (χ1n) is 20.3. The molecule has 1 heteroatoms. The molecule has 0 aliphatic rings. The number of anilines is 3. The highest BCUT2D eigenvalue weighted by molar-refractivity contribution is 6.16. The van der Waals surface area contributed by atoms with Gasteiger partial charge in [0.2, 0.25) is 0 Å². The van der Waals surface area contributed by atoms with Gasteiger partial charge in [-0.25, -0.2) is 0 Å². The second-order valence-electron chi connectivity index (χ2n) is 15.3. The van der Waals surface area contributed by atoms with E-state index >= 15 is 0 Å². The Kier molecular flexibility index (Phi) is 8.56. The zero-order valence-electron chi connectivity index (χ0n) is 32.5. The highest BCUT2D eigenvalue weighted by Gasteiger charge is 2.18. The Morgan fingerprint density at radius 3 is 1.39 bits per heavy atom. The van der Waals surface area contributed by atoms with E-state index in [-0.39, 0.29) is 0 Å². The van der Waals surface area contributed by atoms with Crippen molar-refractivity contribution in [3.63, 3.8) is 0 Å². The lowest BCUT2D eigenvalue weighted by atomic mass is 9.86. The summed E-state index contributed by atoms with van der Waals surface area (Å²) in [5.41, 5.74) is 13.1. The Morgan fingerprint density at radius 1 is 0.220 bits per heavy atom. The zero-order chi connectivity index (χ0) is 39.1. The lowest BCUT2D eigenvalue weighted by molar-refractivity contribution is 1.28. The summed E-state index contributed by atoms with van der Waals surface area (Å²) in [6, 6.07) is 86.1. The Morgan fingerprint density at radius 2 is 0.695 bits per heavy atom. The van der Waals surface area contributed by atoms with E-state index in [9.17, 15) is 0 Å². The number of fused-ring (bicyclic) bond motifs is 5. The van der Waals surface area contributed by atoms with E-state index in [1.807, 2.05) is 0 Å². The number of hydrogen-bond acceptors (Lipinski definition) is 1. The fourth-order valence-electron chi connectivity index (χ4n) is 9.01. The number of para-hydroxylation sites is 1. The number of benzene rings is 11. The molecule has 0 aliphatic heterocycles. The van der Waals surface area contributed by atoms with E-state index in [4.69, 9.17) is 0 Å². The maximum atomic E-state index is 2.37.